The summed E-state index contributed by atoms with van der Waals surface area (Å²) in [5.41, 5.74) is -1.13. The number of phenolic OH excluding ortho intramolecular Hbond substituents is 1. The standard InChI is InChI=1S/C13H16O5/c1-7(2)11(12(15)16)13(17)6-18-10-5-8(14)3-4-9(10)13/h3-5,7,11,14,17H,6H2,1-2H3,(H,15,16). The molecular formula is C13H16O5. The Balaban J connectivity index is 2.49. The van der Waals surface area contributed by atoms with Crippen molar-refractivity contribution in [3.63, 3.8) is 0 Å². The number of phenols is 1. The van der Waals surface area contributed by atoms with E-state index in [9.17, 15) is 20.1 Å². The lowest BCUT2D eigenvalue weighted by molar-refractivity contribution is -0.157. The summed E-state index contributed by atoms with van der Waals surface area (Å²) in [5, 5.41) is 29.3. The number of rotatable bonds is 3. The Morgan fingerprint density at radius 1 is 1.44 bits per heavy atom. The fourth-order valence-corrected chi connectivity index (χ4v) is 2.55. The second kappa shape index (κ2) is 4.17. The van der Waals surface area contributed by atoms with Gasteiger partial charge in [0, 0.05) is 11.6 Å². The molecule has 0 saturated carbocycles. The number of carboxylic acids is 1. The molecule has 0 spiro atoms. The molecule has 0 saturated heterocycles. The van der Waals surface area contributed by atoms with Gasteiger partial charge in [0.15, 0.2) is 0 Å². The lowest BCUT2D eigenvalue weighted by atomic mass is 9.76. The Hall–Kier alpha value is -1.75. The third kappa shape index (κ3) is 1.80. The topological polar surface area (TPSA) is 87.0 Å². The van der Waals surface area contributed by atoms with Crippen molar-refractivity contribution in [2.24, 2.45) is 11.8 Å². The first kappa shape index (κ1) is 12.7. The van der Waals surface area contributed by atoms with Gasteiger partial charge >= 0.3 is 5.97 Å². The Morgan fingerprint density at radius 2 is 2.11 bits per heavy atom. The molecule has 5 heteroatoms. The summed E-state index contributed by atoms with van der Waals surface area (Å²) in [4.78, 5) is 11.3. The number of aliphatic hydroxyl groups is 1. The molecular weight excluding hydrogens is 236 g/mol. The van der Waals surface area contributed by atoms with E-state index in [0.717, 1.165) is 0 Å². The van der Waals surface area contributed by atoms with Gasteiger partial charge in [-0.3, -0.25) is 4.79 Å². The predicted molar refractivity (Wildman–Crippen MR) is 63.5 cm³/mol. The maximum absolute atomic E-state index is 11.3. The van der Waals surface area contributed by atoms with Crippen LogP contribution in [0, 0.1) is 11.8 Å². The molecule has 0 bridgehead atoms. The molecule has 5 nitrogen and oxygen atoms in total. The number of benzene rings is 1. The van der Waals surface area contributed by atoms with Crippen LogP contribution in [-0.2, 0) is 10.4 Å². The summed E-state index contributed by atoms with van der Waals surface area (Å²) in [5.74, 6) is -1.89. The molecule has 2 unspecified atom stereocenters. The SMILES string of the molecule is CC(C)C(C(=O)O)C1(O)COc2cc(O)ccc21. The van der Waals surface area contributed by atoms with Crippen molar-refractivity contribution < 1.29 is 24.9 Å². The average molecular weight is 252 g/mol. The minimum absolute atomic E-state index is 0.0226. The molecule has 3 N–H and O–H groups in total. The van der Waals surface area contributed by atoms with Crippen LogP contribution in [0.5, 0.6) is 11.5 Å². The molecule has 0 amide bonds. The summed E-state index contributed by atoms with van der Waals surface area (Å²) in [6.07, 6.45) is 0. The van der Waals surface area contributed by atoms with Crippen LogP contribution in [0.3, 0.4) is 0 Å². The molecule has 1 heterocycles. The number of carboxylic acid groups (broad SMARTS) is 1. The maximum atomic E-state index is 11.3. The van der Waals surface area contributed by atoms with Crippen LogP contribution in [0.4, 0.5) is 0 Å². The molecule has 2 rings (SSSR count). The summed E-state index contributed by atoms with van der Waals surface area (Å²) >= 11 is 0. The number of ether oxygens (including phenoxy) is 1. The van der Waals surface area contributed by atoms with Crippen molar-refractivity contribution >= 4 is 5.97 Å². The number of aliphatic carboxylic acids is 1. The highest BCUT2D eigenvalue weighted by molar-refractivity contribution is 5.73. The van der Waals surface area contributed by atoms with E-state index in [2.05, 4.69) is 0 Å². The third-order valence-corrected chi connectivity index (χ3v) is 3.33. The van der Waals surface area contributed by atoms with Gasteiger partial charge < -0.3 is 20.1 Å². The van der Waals surface area contributed by atoms with Crippen molar-refractivity contribution in [1.29, 1.82) is 0 Å². The molecule has 1 aliphatic rings. The molecule has 0 aliphatic carbocycles. The molecule has 1 aromatic carbocycles. The van der Waals surface area contributed by atoms with E-state index in [0.29, 0.717) is 11.3 Å². The van der Waals surface area contributed by atoms with E-state index in [-0.39, 0.29) is 18.3 Å². The van der Waals surface area contributed by atoms with Crippen molar-refractivity contribution in [3.05, 3.63) is 23.8 Å². The minimum atomic E-state index is -1.55. The highest BCUT2D eigenvalue weighted by atomic mass is 16.5. The van der Waals surface area contributed by atoms with Crippen molar-refractivity contribution in [2.75, 3.05) is 6.61 Å². The highest BCUT2D eigenvalue weighted by Gasteiger charge is 2.50. The van der Waals surface area contributed by atoms with E-state index in [4.69, 9.17) is 4.74 Å². The Morgan fingerprint density at radius 3 is 2.67 bits per heavy atom. The summed E-state index contributed by atoms with van der Waals surface area (Å²) in [7, 11) is 0. The van der Waals surface area contributed by atoms with E-state index < -0.39 is 17.5 Å². The van der Waals surface area contributed by atoms with Crippen molar-refractivity contribution in [3.8, 4) is 11.5 Å². The fourth-order valence-electron chi connectivity index (χ4n) is 2.55. The largest absolute Gasteiger partial charge is 0.508 e. The molecule has 0 radical (unpaired) electrons. The Bertz CT molecular complexity index is 482. The average Bonchev–Trinajstić information content (AvgIpc) is 2.55. The van der Waals surface area contributed by atoms with Crippen LogP contribution in [0.25, 0.3) is 0 Å². The number of carbonyl (C=O) groups is 1. The van der Waals surface area contributed by atoms with Crippen LogP contribution >= 0.6 is 0 Å². The normalized spacial score (nSPS) is 23.6. The molecule has 98 valence electrons. The van der Waals surface area contributed by atoms with E-state index >= 15 is 0 Å². The molecule has 1 aliphatic heterocycles. The number of hydrogen-bond donors (Lipinski definition) is 3. The van der Waals surface area contributed by atoms with Gasteiger partial charge in [-0.1, -0.05) is 13.8 Å². The van der Waals surface area contributed by atoms with Crippen LogP contribution < -0.4 is 4.74 Å². The second-order valence-electron chi connectivity index (χ2n) is 4.95. The van der Waals surface area contributed by atoms with Gasteiger partial charge in [0.1, 0.15) is 23.7 Å². The first-order valence-electron chi connectivity index (χ1n) is 5.77. The number of aromatic hydroxyl groups is 1. The lowest BCUT2D eigenvalue weighted by Gasteiger charge is -2.31. The molecule has 1 aromatic rings. The predicted octanol–water partition coefficient (Wildman–Crippen LogP) is 1.33. The van der Waals surface area contributed by atoms with Gasteiger partial charge in [-0.2, -0.15) is 0 Å². The Kier molecular flexibility index (Phi) is 2.94. The van der Waals surface area contributed by atoms with Crippen LogP contribution in [-0.4, -0.2) is 27.9 Å². The van der Waals surface area contributed by atoms with Gasteiger partial charge in [-0.25, -0.2) is 0 Å². The van der Waals surface area contributed by atoms with Gasteiger partial charge in [0.05, 0.1) is 5.92 Å². The zero-order valence-corrected chi connectivity index (χ0v) is 10.3. The molecule has 2 atom stereocenters. The van der Waals surface area contributed by atoms with Gasteiger partial charge in [0.2, 0.25) is 0 Å². The maximum Gasteiger partial charge on any atom is 0.310 e. The summed E-state index contributed by atoms with van der Waals surface area (Å²) < 4.78 is 5.30. The Labute approximate surface area is 105 Å². The van der Waals surface area contributed by atoms with Crippen LogP contribution in [0.2, 0.25) is 0 Å². The van der Waals surface area contributed by atoms with Gasteiger partial charge in [-0.05, 0) is 18.1 Å². The first-order chi connectivity index (χ1) is 8.36. The first-order valence-corrected chi connectivity index (χ1v) is 5.77. The number of hydrogen-bond acceptors (Lipinski definition) is 4. The van der Waals surface area contributed by atoms with Crippen LogP contribution in [0.15, 0.2) is 18.2 Å². The molecule has 0 fully saturated rings. The minimum Gasteiger partial charge on any atom is -0.508 e. The second-order valence-corrected chi connectivity index (χ2v) is 4.95. The van der Waals surface area contributed by atoms with E-state index in [1.165, 1.54) is 18.2 Å². The number of fused-ring (bicyclic) bond motifs is 1. The van der Waals surface area contributed by atoms with Crippen LogP contribution in [0.1, 0.15) is 19.4 Å². The van der Waals surface area contributed by atoms with E-state index in [1.807, 2.05) is 0 Å². The highest BCUT2D eigenvalue weighted by Crippen LogP contribution is 2.45. The smallest absolute Gasteiger partial charge is 0.310 e. The summed E-state index contributed by atoms with van der Waals surface area (Å²) in [6, 6.07) is 4.31. The van der Waals surface area contributed by atoms with Gasteiger partial charge in [0.25, 0.3) is 0 Å². The summed E-state index contributed by atoms with van der Waals surface area (Å²) in [6.45, 7) is 3.38. The molecule has 18 heavy (non-hydrogen) atoms. The van der Waals surface area contributed by atoms with Crippen molar-refractivity contribution in [1.82, 2.24) is 0 Å². The van der Waals surface area contributed by atoms with Crippen molar-refractivity contribution in [2.45, 2.75) is 19.4 Å². The fraction of sp³-hybridized carbons (Fsp3) is 0.462. The lowest BCUT2D eigenvalue weighted by Crippen LogP contribution is -2.44. The third-order valence-electron chi connectivity index (χ3n) is 3.33. The monoisotopic (exact) mass is 252 g/mol. The van der Waals surface area contributed by atoms with Gasteiger partial charge in [-0.15, -0.1) is 0 Å². The quantitative estimate of drug-likeness (QED) is 0.755. The zero-order valence-electron chi connectivity index (χ0n) is 10.3. The molecule has 0 aromatic heterocycles. The van der Waals surface area contributed by atoms with E-state index in [1.54, 1.807) is 13.8 Å². The zero-order chi connectivity index (χ0) is 13.5.